The lowest BCUT2D eigenvalue weighted by atomic mass is 10.1. The first-order valence-electron chi connectivity index (χ1n) is 10.5. The molecule has 0 atom stereocenters. The van der Waals surface area contributed by atoms with Crippen molar-refractivity contribution in [3.8, 4) is 0 Å². The van der Waals surface area contributed by atoms with Crippen molar-refractivity contribution < 1.29 is 9.59 Å². The number of hydrogen-bond acceptors (Lipinski definition) is 4. The van der Waals surface area contributed by atoms with Gasteiger partial charge in [0, 0.05) is 46.1 Å². The zero-order valence-corrected chi connectivity index (χ0v) is 17.7. The molecule has 0 saturated heterocycles. The van der Waals surface area contributed by atoms with Crippen molar-refractivity contribution in [1.29, 1.82) is 0 Å². The van der Waals surface area contributed by atoms with Crippen molar-refractivity contribution >= 4 is 11.8 Å². The maximum Gasteiger partial charge on any atom is 0.289 e. The Balaban J connectivity index is 1.78. The second kappa shape index (κ2) is 9.67. The van der Waals surface area contributed by atoms with Gasteiger partial charge in [0.05, 0.1) is 5.69 Å². The number of aromatic nitrogens is 3. The first-order chi connectivity index (χ1) is 14.0. The number of rotatable bonds is 8. The van der Waals surface area contributed by atoms with Crippen molar-refractivity contribution in [3.05, 3.63) is 47.3 Å². The monoisotopic (exact) mass is 397 g/mol. The van der Waals surface area contributed by atoms with Crippen molar-refractivity contribution in [2.45, 2.75) is 52.0 Å². The van der Waals surface area contributed by atoms with E-state index in [-0.39, 0.29) is 11.8 Å². The van der Waals surface area contributed by atoms with Gasteiger partial charge < -0.3 is 14.4 Å². The third-order valence-corrected chi connectivity index (χ3v) is 5.54. The molecule has 0 saturated carbocycles. The van der Waals surface area contributed by atoms with E-state index in [4.69, 9.17) is 0 Å². The zero-order valence-electron chi connectivity index (χ0n) is 17.7. The average molecular weight is 398 g/mol. The molecule has 0 unspecified atom stereocenters. The summed E-state index contributed by atoms with van der Waals surface area (Å²) in [5.74, 6) is 0.198. The number of hydrogen-bond donors (Lipinski definition) is 0. The van der Waals surface area contributed by atoms with Gasteiger partial charge in [0.1, 0.15) is 5.69 Å². The summed E-state index contributed by atoms with van der Waals surface area (Å²) in [5.41, 5.74) is 2.48. The fourth-order valence-electron chi connectivity index (χ4n) is 3.67. The Morgan fingerprint density at radius 2 is 1.79 bits per heavy atom. The van der Waals surface area contributed by atoms with Crippen molar-refractivity contribution in [1.82, 2.24) is 24.3 Å². The fraction of sp³-hybridized carbons (Fsp3) is 0.545. The van der Waals surface area contributed by atoms with E-state index in [2.05, 4.69) is 16.9 Å². The number of likely N-dealkylation sites (N-methyl/N-ethyl adjacent to an activating group) is 1. The zero-order chi connectivity index (χ0) is 20.8. The third-order valence-electron chi connectivity index (χ3n) is 5.54. The molecule has 29 heavy (non-hydrogen) atoms. The predicted molar refractivity (Wildman–Crippen MR) is 112 cm³/mol. The molecule has 3 heterocycles. The van der Waals surface area contributed by atoms with Crippen LogP contribution in [0, 0.1) is 0 Å². The molecule has 1 aliphatic heterocycles. The Bertz CT molecular complexity index is 846. The molecule has 2 aromatic heterocycles. The molecule has 156 valence electrons. The molecule has 3 rings (SSSR count). The van der Waals surface area contributed by atoms with Crippen LogP contribution in [0.4, 0.5) is 0 Å². The van der Waals surface area contributed by atoms with Crippen molar-refractivity contribution in [3.63, 3.8) is 0 Å². The number of amides is 2. The lowest BCUT2D eigenvalue weighted by molar-refractivity contribution is 0.0775. The van der Waals surface area contributed by atoms with Gasteiger partial charge in [-0.05, 0) is 49.8 Å². The van der Waals surface area contributed by atoms with Gasteiger partial charge in [0.15, 0.2) is 5.82 Å². The first-order valence-corrected chi connectivity index (χ1v) is 10.5. The van der Waals surface area contributed by atoms with Crippen molar-refractivity contribution in [2.75, 3.05) is 27.2 Å². The lowest BCUT2D eigenvalue weighted by Crippen LogP contribution is -2.31. The van der Waals surface area contributed by atoms with Crippen LogP contribution in [0.25, 0.3) is 0 Å². The number of imidazole rings is 1. The number of nitrogens with zero attached hydrogens (tertiary/aromatic N) is 5. The lowest BCUT2D eigenvalue weighted by Gasteiger charge is -2.21. The normalized spacial score (nSPS) is 13.1. The SMILES string of the molecule is CCCCN(C)C(=O)c1nc(C(=O)N(C)CCc2ccncc2)c2n1CCCC2. The van der Waals surface area contributed by atoms with Crippen LogP contribution < -0.4 is 0 Å². The molecule has 2 amide bonds. The van der Waals surface area contributed by atoms with Crippen LogP contribution in [0.5, 0.6) is 0 Å². The van der Waals surface area contributed by atoms with Gasteiger partial charge in [0.2, 0.25) is 0 Å². The molecule has 0 bridgehead atoms. The van der Waals surface area contributed by atoms with Crippen LogP contribution >= 0.6 is 0 Å². The minimum atomic E-state index is -0.111. The molecule has 0 N–H and O–H groups in total. The van der Waals surface area contributed by atoms with Crippen LogP contribution in [0.15, 0.2) is 24.5 Å². The highest BCUT2D eigenvalue weighted by molar-refractivity contribution is 5.97. The summed E-state index contributed by atoms with van der Waals surface area (Å²) in [6.45, 7) is 4.15. The van der Waals surface area contributed by atoms with Crippen LogP contribution in [0.2, 0.25) is 0 Å². The number of fused-ring (bicyclic) bond motifs is 1. The highest BCUT2D eigenvalue weighted by atomic mass is 16.2. The molecule has 1 aliphatic rings. The van der Waals surface area contributed by atoms with E-state index in [1.54, 1.807) is 29.2 Å². The molecular weight excluding hydrogens is 366 g/mol. The van der Waals surface area contributed by atoms with E-state index < -0.39 is 0 Å². The summed E-state index contributed by atoms with van der Waals surface area (Å²) in [6, 6.07) is 3.92. The van der Waals surface area contributed by atoms with Gasteiger partial charge in [-0.1, -0.05) is 13.3 Å². The highest BCUT2D eigenvalue weighted by Crippen LogP contribution is 2.23. The van der Waals surface area contributed by atoms with Gasteiger partial charge in [-0.3, -0.25) is 14.6 Å². The fourth-order valence-corrected chi connectivity index (χ4v) is 3.67. The average Bonchev–Trinajstić information content (AvgIpc) is 3.15. The molecule has 0 aromatic carbocycles. The van der Waals surface area contributed by atoms with Crippen LogP contribution in [0.1, 0.15) is 65.0 Å². The second-order valence-electron chi connectivity index (χ2n) is 7.75. The van der Waals surface area contributed by atoms with E-state index in [0.29, 0.717) is 24.6 Å². The summed E-state index contributed by atoms with van der Waals surface area (Å²) in [7, 11) is 3.61. The predicted octanol–water partition coefficient (Wildman–Crippen LogP) is 2.80. The molecular formula is C22H31N5O2. The summed E-state index contributed by atoms with van der Waals surface area (Å²) < 4.78 is 1.97. The Hall–Kier alpha value is -2.70. The van der Waals surface area contributed by atoms with Gasteiger partial charge in [-0.25, -0.2) is 4.98 Å². The molecule has 0 spiro atoms. The van der Waals surface area contributed by atoms with Crippen LogP contribution in [-0.2, 0) is 19.4 Å². The Morgan fingerprint density at radius 1 is 1.07 bits per heavy atom. The largest absolute Gasteiger partial charge is 0.340 e. The second-order valence-corrected chi connectivity index (χ2v) is 7.75. The smallest absolute Gasteiger partial charge is 0.289 e. The van der Waals surface area contributed by atoms with E-state index in [0.717, 1.165) is 56.3 Å². The molecule has 7 heteroatoms. The Morgan fingerprint density at radius 3 is 2.52 bits per heavy atom. The van der Waals surface area contributed by atoms with E-state index in [1.165, 1.54) is 0 Å². The summed E-state index contributed by atoms with van der Waals surface area (Å²) in [4.78, 5) is 38.1. The third kappa shape index (κ3) is 4.83. The van der Waals surface area contributed by atoms with E-state index >= 15 is 0 Å². The summed E-state index contributed by atoms with van der Waals surface area (Å²) >= 11 is 0. The van der Waals surface area contributed by atoms with Gasteiger partial charge >= 0.3 is 0 Å². The maximum atomic E-state index is 13.1. The molecule has 0 radical (unpaired) electrons. The molecule has 0 fully saturated rings. The number of pyridine rings is 1. The van der Waals surface area contributed by atoms with E-state index in [1.807, 2.05) is 23.7 Å². The summed E-state index contributed by atoms with van der Waals surface area (Å²) in [5, 5.41) is 0. The van der Waals surface area contributed by atoms with Crippen LogP contribution in [-0.4, -0.2) is 63.3 Å². The van der Waals surface area contributed by atoms with Crippen LogP contribution in [0.3, 0.4) is 0 Å². The number of carbonyl (C=O) groups is 2. The first kappa shape index (κ1) is 21.0. The highest BCUT2D eigenvalue weighted by Gasteiger charge is 2.30. The van der Waals surface area contributed by atoms with E-state index in [9.17, 15) is 9.59 Å². The van der Waals surface area contributed by atoms with Crippen molar-refractivity contribution in [2.24, 2.45) is 0 Å². The summed E-state index contributed by atoms with van der Waals surface area (Å²) in [6.07, 6.45) is 9.08. The standard InChI is InChI=1S/C22H31N5O2/c1-4-5-14-25(2)22(29)20-24-19(18-8-6-7-15-27(18)20)21(28)26(3)16-11-17-9-12-23-13-10-17/h9-10,12-13H,4-8,11,14-16H2,1-3H3. The topological polar surface area (TPSA) is 71.3 Å². The Labute approximate surface area is 172 Å². The minimum Gasteiger partial charge on any atom is -0.340 e. The van der Waals surface area contributed by atoms with Gasteiger partial charge in [-0.15, -0.1) is 0 Å². The van der Waals surface area contributed by atoms with Gasteiger partial charge in [-0.2, -0.15) is 0 Å². The minimum absolute atomic E-state index is 0.0971. The number of carbonyl (C=O) groups excluding carboxylic acids is 2. The quantitative estimate of drug-likeness (QED) is 0.687. The molecule has 2 aromatic rings. The Kier molecular flexibility index (Phi) is 7.01. The van der Waals surface area contributed by atoms with Gasteiger partial charge in [0.25, 0.3) is 11.8 Å². The molecule has 7 nitrogen and oxygen atoms in total. The number of unbranched alkanes of at least 4 members (excludes halogenated alkanes) is 1. The maximum absolute atomic E-state index is 13.1. The molecule has 0 aliphatic carbocycles.